The zero-order valence-corrected chi connectivity index (χ0v) is 35.5. The molecule has 1 aliphatic carbocycles. The quantitative estimate of drug-likeness (QED) is 0.0297. The first-order valence-electron chi connectivity index (χ1n) is 20.5. The average Bonchev–Trinajstić information content (AvgIpc) is 3.50. The van der Waals surface area contributed by atoms with Crippen LogP contribution in [-0.2, 0) is 18.8 Å². The van der Waals surface area contributed by atoms with Gasteiger partial charge in [0.2, 0.25) is 12.3 Å². The Morgan fingerprint density at radius 2 is 1.62 bits per heavy atom. The molecular formula is C42H80N3O6P. The molecule has 1 fully saturated rings. The molecule has 304 valence electrons. The van der Waals surface area contributed by atoms with E-state index < -0.39 is 0 Å². The van der Waals surface area contributed by atoms with Gasteiger partial charge in [-0.15, -0.1) is 0 Å². The van der Waals surface area contributed by atoms with Crippen LogP contribution in [-0.4, -0.2) is 72.0 Å². The number of nitrogens with one attached hydrogen (secondary N) is 1. The molecule has 2 rings (SSSR count). The predicted octanol–water partition coefficient (Wildman–Crippen LogP) is 9.98. The largest absolute Gasteiger partial charge is 0.396 e. The zero-order chi connectivity index (χ0) is 39.2. The summed E-state index contributed by atoms with van der Waals surface area (Å²) in [6, 6.07) is 0. The number of aliphatic hydroxyl groups excluding tert-OH is 2. The van der Waals surface area contributed by atoms with Crippen molar-refractivity contribution in [3.8, 4) is 0 Å². The minimum atomic E-state index is -0.354. The lowest BCUT2D eigenvalue weighted by Crippen LogP contribution is -2.35. The van der Waals surface area contributed by atoms with Gasteiger partial charge in [0.15, 0.2) is 0 Å². The molecule has 0 radical (unpaired) electrons. The van der Waals surface area contributed by atoms with Gasteiger partial charge in [-0.1, -0.05) is 141 Å². The molecule has 5 atom stereocenters. The third-order valence-corrected chi connectivity index (χ3v) is 9.03. The number of hydrogen-bond donors (Lipinski definition) is 3. The van der Waals surface area contributed by atoms with Gasteiger partial charge < -0.3 is 24.8 Å². The summed E-state index contributed by atoms with van der Waals surface area (Å²) in [5.41, 5.74) is 1.50. The minimum absolute atomic E-state index is 0.0396. The highest BCUT2D eigenvalue weighted by Gasteiger charge is 2.35. The van der Waals surface area contributed by atoms with E-state index in [1.54, 1.807) is 26.2 Å². The molecular weight excluding hydrogens is 673 g/mol. The van der Waals surface area contributed by atoms with Gasteiger partial charge in [-0.3, -0.25) is 19.5 Å². The number of hydrogen-bond acceptors (Lipinski definition) is 7. The SMILES string of the molecule is CC.CC(O)CCO.CC1=CC=CCC1.CCCCCCCCCCCCCCCCCC(=O)NC(/C=C\N(C=O)C1OC(COP)CC1C)=NC. The molecule has 0 aromatic rings. The van der Waals surface area contributed by atoms with Crippen LogP contribution < -0.4 is 5.32 Å². The van der Waals surface area contributed by atoms with Crippen molar-refractivity contribution in [1.82, 2.24) is 10.2 Å². The molecule has 5 unspecified atom stereocenters. The molecule has 9 nitrogen and oxygen atoms in total. The Balaban J connectivity index is 0. The van der Waals surface area contributed by atoms with Crippen molar-refractivity contribution in [3.63, 3.8) is 0 Å². The van der Waals surface area contributed by atoms with E-state index in [2.05, 4.69) is 51.9 Å². The molecule has 2 amide bonds. The zero-order valence-electron chi connectivity index (χ0n) is 34.3. The summed E-state index contributed by atoms with van der Waals surface area (Å²) in [6.45, 7) is 12.7. The Morgan fingerprint density at radius 3 is 2.00 bits per heavy atom. The molecule has 3 N–H and O–H groups in total. The van der Waals surface area contributed by atoms with Crippen LogP contribution >= 0.6 is 9.47 Å². The number of rotatable bonds is 24. The average molecular weight is 754 g/mol. The highest BCUT2D eigenvalue weighted by Crippen LogP contribution is 2.28. The Morgan fingerprint density at radius 1 is 1.06 bits per heavy atom. The lowest BCUT2D eigenvalue weighted by molar-refractivity contribution is -0.128. The number of carbonyl (C=O) groups excluding carboxylic acids is 2. The number of allylic oxidation sites excluding steroid dienone is 4. The first-order valence-corrected chi connectivity index (χ1v) is 20.9. The van der Waals surface area contributed by atoms with Crippen molar-refractivity contribution in [2.45, 2.75) is 188 Å². The number of ether oxygens (including phenoxy) is 1. The summed E-state index contributed by atoms with van der Waals surface area (Å²) in [7, 11) is 3.85. The number of amides is 2. The third kappa shape index (κ3) is 31.6. The minimum Gasteiger partial charge on any atom is -0.396 e. The molecule has 10 heteroatoms. The second-order valence-corrected chi connectivity index (χ2v) is 14.1. The maximum atomic E-state index is 12.3. The van der Waals surface area contributed by atoms with Crippen LogP contribution in [0.3, 0.4) is 0 Å². The van der Waals surface area contributed by atoms with Gasteiger partial charge >= 0.3 is 0 Å². The summed E-state index contributed by atoms with van der Waals surface area (Å²) in [4.78, 5) is 29.6. The van der Waals surface area contributed by atoms with E-state index in [-0.39, 0.29) is 36.9 Å². The van der Waals surface area contributed by atoms with Crippen molar-refractivity contribution >= 4 is 27.6 Å². The van der Waals surface area contributed by atoms with Crippen molar-refractivity contribution in [1.29, 1.82) is 0 Å². The number of unbranched alkanes of at least 4 members (excludes halogenated alkanes) is 14. The fourth-order valence-corrected chi connectivity index (χ4v) is 5.99. The van der Waals surface area contributed by atoms with Crippen LogP contribution in [0.2, 0.25) is 0 Å². The normalized spacial score (nSPS) is 18.6. The smallest absolute Gasteiger partial charge is 0.225 e. The van der Waals surface area contributed by atoms with Gasteiger partial charge in [-0.25, -0.2) is 0 Å². The van der Waals surface area contributed by atoms with Gasteiger partial charge in [0.05, 0.1) is 18.8 Å². The Hall–Kier alpha value is -1.90. The van der Waals surface area contributed by atoms with Crippen LogP contribution in [0.5, 0.6) is 0 Å². The van der Waals surface area contributed by atoms with Crippen LogP contribution in [0, 0.1) is 5.92 Å². The maximum absolute atomic E-state index is 12.3. The topological polar surface area (TPSA) is 121 Å². The van der Waals surface area contributed by atoms with E-state index in [1.165, 1.54) is 107 Å². The first-order chi connectivity index (χ1) is 25.2. The lowest BCUT2D eigenvalue weighted by Gasteiger charge is -2.24. The van der Waals surface area contributed by atoms with E-state index in [1.807, 2.05) is 20.8 Å². The number of aliphatic imine (C=N–C) groups is 1. The summed E-state index contributed by atoms with van der Waals surface area (Å²) >= 11 is 0. The van der Waals surface area contributed by atoms with Crippen molar-refractivity contribution in [3.05, 3.63) is 36.1 Å². The molecule has 0 aromatic heterocycles. The standard InChI is InChI=1S/C29H54N3O4P.C7H10.C4H10O2.C2H6/c1-4-5-6-7-8-9-10-11-12-13-14-15-16-17-18-19-28(34)31-27(30-3)20-21-32(24-33)29-25(2)22-26(36-29)23-35-37;1-7-5-3-2-4-6-7;1-4(6)2-3-5;1-2/h20-21,24-26,29H,4-19,22-23,37H2,1-3H3,(H,30,31,34);2-3,5H,4,6H2,1H3;4-6H,2-3H2,1H3;1-2H3/b21-20-;;;. The van der Waals surface area contributed by atoms with Gasteiger partial charge in [0.25, 0.3) is 0 Å². The van der Waals surface area contributed by atoms with Crippen molar-refractivity contribution in [2.24, 2.45) is 10.9 Å². The van der Waals surface area contributed by atoms with Gasteiger partial charge in [-0.05, 0) is 52.0 Å². The summed E-state index contributed by atoms with van der Waals surface area (Å²) in [6.07, 6.45) is 33.6. The molecule has 1 aliphatic heterocycles. The van der Waals surface area contributed by atoms with E-state index in [0.717, 1.165) is 25.7 Å². The second-order valence-electron chi connectivity index (χ2n) is 13.8. The van der Waals surface area contributed by atoms with Gasteiger partial charge in [-0.2, -0.15) is 0 Å². The fourth-order valence-electron chi connectivity index (χ4n) is 5.78. The molecule has 0 bridgehead atoms. The molecule has 52 heavy (non-hydrogen) atoms. The number of aliphatic hydroxyl groups is 2. The highest BCUT2D eigenvalue weighted by atomic mass is 31.0. The maximum Gasteiger partial charge on any atom is 0.225 e. The van der Waals surface area contributed by atoms with Crippen LogP contribution in [0.1, 0.15) is 170 Å². The molecule has 1 heterocycles. The Bertz CT molecular complexity index is 956. The number of amidine groups is 1. The summed E-state index contributed by atoms with van der Waals surface area (Å²) in [5.74, 6) is 0.579. The van der Waals surface area contributed by atoms with Gasteiger partial charge in [0, 0.05) is 41.7 Å². The predicted molar refractivity (Wildman–Crippen MR) is 223 cm³/mol. The molecule has 0 spiro atoms. The number of nitrogens with zero attached hydrogens (tertiary/aromatic N) is 2. The molecule has 0 saturated carbocycles. The highest BCUT2D eigenvalue weighted by molar-refractivity contribution is 7.09. The second kappa shape index (κ2) is 38.8. The van der Waals surface area contributed by atoms with E-state index in [9.17, 15) is 9.59 Å². The van der Waals surface area contributed by atoms with E-state index in [0.29, 0.717) is 25.3 Å². The molecule has 2 aliphatic rings. The van der Waals surface area contributed by atoms with Gasteiger partial charge in [0.1, 0.15) is 12.1 Å². The van der Waals surface area contributed by atoms with Crippen LogP contribution in [0.25, 0.3) is 0 Å². The van der Waals surface area contributed by atoms with Crippen molar-refractivity contribution < 1.29 is 29.1 Å². The van der Waals surface area contributed by atoms with E-state index >= 15 is 0 Å². The van der Waals surface area contributed by atoms with Crippen molar-refractivity contribution in [2.75, 3.05) is 20.3 Å². The monoisotopic (exact) mass is 754 g/mol. The fraction of sp³-hybridized carbons (Fsp3) is 0.786. The third-order valence-electron chi connectivity index (χ3n) is 8.84. The molecule has 0 aromatic carbocycles. The summed E-state index contributed by atoms with van der Waals surface area (Å²) < 4.78 is 11.0. The van der Waals surface area contributed by atoms with Crippen LogP contribution in [0.4, 0.5) is 0 Å². The molecule has 1 saturated heterocycles. The Kier molecular flexibility index (Phi) is 39.0. The Labute approximate surface area is 321 Å². The summed E-state index contributed by atoms with van der Waals surface area (Å²) in [5, 5.41) is 19.3. The van der Waals surface area contributed by atoms with Crippen LogP contribution in [0.15, 0.2) is 41.1 Å². The van der Waals surface area contributed by atoms with E-state index in [4.69, 9.17) is 19.5 Å². The lowest BCUT2D eigenvalue weighted by atomic mass is 10.0. The first kappa shape index (κ1) is 52.2. The number of carbonyl (C=O) groups is 2.